The van der Waals surface area contributed by atoms with Gasteiger partial charge in [0.1, 0.15) is 11.9 Å². The Morgan fingerprint density at radius 3 is 2.77 bits per heavy atom. The number of benzene rings is 1. The number of aromatic nitrogens is 5. The van der Waals surface area contributed by atoms with E-state index in [1.54, 1.807) is 4.57 Å². The topological polar surface area (TPSA) is 71.7 Å². The molecular formula is C21H26F2N6OS. The molecule has 1 aliphatic heterocycles. The molecule has 1 fully saturated rings. The minimum atomic E-state index is -0.954. The highest BCUT2D eigenvalue weighted by atomic mass is 32.1. The molecule has 2 atom stereocenters. The summed E-state index contributed by atoms with van der Waals surface area (Å²) in [5.74, 6) is -1.07. The Kier molecular flexibility index (Phi) is 5.92. The number of nitrogens with zero attached hydrogens (tertiary/aromatic N) is 5. The Bertz CT molecular complexity index is 1170. The maximum Gasteiger partial charge on any atom is 0.245 e. The van der Waals surface area contributed by atoms with Crippen LogP contribution in [0.1, 0.15) is 51.4 Å². The molecule has 1 aliphatic rings. The standard InChI is InChI=1S/C21H26F2N6OS/c1-4-28-19(25-26-21(28)31)13-6-5-7-27(10-13)20(30)18(12(2)3)29-11-24-16-8-14(22)15(23)9-17(16)29/h8-9,11-13,18H,4-7,10H2,1-3H3,(H,26,31). The molecule has 0 radical (unpaired) electrons. The lowest BCUT2D eigenvalue weighted by atomic mass is 9.94. The maximum absolute atomic E-state index is 13.9. The van der Waals surface area contributed by atoms with Crippen LogP contribution < -0.4 is 0 Å². The average molecular weight is 449 g/mol. The van der Waals surface area contributed by atoms with Crippen LogP contribution in [0.2, 0.25) is 0 Å². The molecule has 3 heterocycles. The van der Waals surface area contributed by atoms with Gasteiger partial charge in [0.15, 0.2) is 16.4 Å². The first-order valence-corrected chi connectivity index (χ1v) is 11.0. The van der Waals surface area contributed by atoms with Gasteiger partial charge >= 0.3 is 0 Å². The Labute approximate surface area is 184 Å². The molecule has 1 N–H and O–H groups in total. The largest absolute Gasteiger partial charge is 0.340 e. The number of rotatable bonds is 5. The monoisotopic (exact) mass is 448 g/mol. The van der Waals surface area contributed by atoms with Crippen LogP contribution in [0.25, 0.3) is 11.0 Å². The van der Waals surface area contributed by atoms with Crippen LogP contribution in [-0.2, 0) is 11.3 Å². The minimum absolute atomic E-state index is 0.0547. The van der Waals surface area contributed by atoms with E-state index in [1.165, 1.54) is 6.33 Å². The van der Waals surface area contributed by atoms with E-state index in [1.807, 2.05) is 30.2 Å². The highest BCUT2D eigenvalue weighted by Crippen LogP contribution is 2.31. The maximum atomic E-state index is 13.9. The summed E-state index contributed by atoms with van der Waals surface area (Å²) in [6.07, 6.45) is 3.28. The van der Waals surface area contributed by atoms with Gasteiger partial charge in [-0.25, -0.2) is 13.8 Å². The number of hydrogen-bond acceptors (Lipinski definition) is 4. The summed E-state index contributed by atoms with van der Waals surface area (Å²) in [4.78, 5) is 19.7. The van der Waals surface area contributed by atoms with Gasteiger partial charge in [0.25, 0.3) is 0 Å². The SMILES string of the molecule is CCn1c(C2CCCN(C(=O)C(C(C)C)n3cnc4cc(F)c(F)cc43)C2)n[nH]c1=S. The second kappa shape index (κ2) is 8.49. The molecule has 1 saturated heterocycles. The lowest BCUT2D eigenvalue weighted by Gasteiger charge is -2.36. The molecule has 0 aliphatic carbocycles. The Morgan fingerprint density at radius 2 is 2.06 bits per heavy atom. The van der Waals surface area contributed by atoms with E-state index >= 15 is 0 Å². The lowest BCUT2D eigenvalue weighted by molar-refractivity contribution is -0.137. The third-order valence-electron chi connectivity index (χ3n) is 6.00. The van der Waals surface area contributed by atoms with Crippen LogP contribution in [-0.4, -0.2) is 48.2 Å². The molecule has 0 saturated carbocycles. The molecule has 1 aromatic carbocycles. The van der Waals surface area contributed by atoms with Crippen LogP contribution in [0, 0.1) is 22.3 Å². The van der Waals surface area contributed by atoms with E-state index in [0.29, 0.717) is 35.4 Å². The summed E-state index contributed by atoms with van der Waals surface area (Å²) in [7, 11) is 0. The Hall–Kier alpha value is -2.62. The zero-order valence-corrected chi connectivity index (χ0v) is 18.6. The van der Waals surface area contributed by atoms with E-state index in [4.69, 9.17) is 12.2 Å². The van der Waals surface area contributed by atoms with Crippen LogP contribution in [0.15, 0.2) is 18.5 Å². The number of carbonyl (C=O) groups excluding carboxylic acids is 1. The molecular weight excluding hydrogens is 422 g/mol. The third kappa shape index (κ3) is 3.88. The smallest absolute Gasteiger partial charge is 0.245 e. The molecule has 4 rings (SSSR count). The fraction of sp³-hybridized carbons (Fsp3) is 0.524. The third-order valence-corrected chi connectivity index (χ3v) is 6.31. The van der Waals surface area contributed by atoms with E-state index in [0.717, 1.165) is 30.8 Å². The number of amides is 1. The Balaban J connectivity index is 1.64. The summed E-state index contributed by atoms with van der Waals surface area (Å²) in [6.45, 7) is 7.80. The molecule has 0 spiro atoms. The number of aromatic amines is 1. The number of likely N-dealkylation sites (tertiary alicyclic amines) is 1. The molecule has 10 heteroatoms. The molecule has 7 nitrogen and oxygen atoms in total. The zero-order valence-electron chi connectivity index (χ0n) is 17.8. The molecule has 3 aromatic rings. The first-order chi connectivity index (χ1) is 14.8. The predicted octanol–water partition coefficient (Wildman–Crippen LogP) is 4.19. The zero-order chi connectivity index (χ0) is 22.3. The number of fused-ring (bicyclic) bond motifs is 1. The molecule has 166 valence electrons. The van der Waals surface area contributed by atoms with E-state index in [2.05, 4.69) is 15.2 Å². The van der Waals surface area contributed by atoms with Crippen LogP contribution in [0.4, 0.5) is 8.78 Å². The summed E-state index contributed by atoms with van der Waals surface area (Å²) >= 11 is 5.31. The number of piperidine rings is 1. The summed E-state index contributed by atoms with van der Waals surface area (Å²) < 4.78 is 31.7. The van der Waals surface area contributed by atoms with Crippen molar-refractivity contribution in [3.63, 3.8) is 0 Å². The van der Waals surface area contributed by atoms with Gasteiger partial charge in [-0.05, 0) is 37.9 Å². The van der Waals surface area contributed by atoms with Crippen molar-refractivity contribution in [3.05, 3.63) is 40.7 Å². The quantitative estimate of drug-likeness (QED) is 0.594. The molecule has 2 unspecified atom stereocenters. The van der Waals surface area contributed by atoms with Gasteiger partial charge in [-0.2, -0.15) is 5.10 Å². The molecule has 1 amide bonds. The predicted molar refractivity (Wildman–Crippen MR) is 115 cm³/mol. The van der Waals surface area contributed by atoms with Crippen molar-refractivity contribution in [2.24, 2.45) is 5.92 Å². The van der Waals surface area contributed by atoms with Gasteiger partial charge in [0.2, 0.25) is 5.91 Å². The van der Waals surface area contributed by atoms with Gasteiger partial charge in [-0.15, -0.1) is 0 Å². The first-order valence-electron chi connectivity index (χ1n) is 10.6. The van der Waals surface area contributed by atoms with E-state index in [9.17, 15) is 13.6 Å². The van der Waals surface area contributed by atoms with Gasteiger partial charge in [-0.1, -0.05) is 13.8 Å². The number of carbonyl (C=O) groups is 1. The number of hydrogen-bond donors (Lipinski definition) is 1. The van der Waals surface area contributed by atoms with Crippen LogP contribution in [0.5, 0.6) is 0 Å². The lowest BCUT2D eigenvalue weighted by Crippen LogP contribution is -2.44. The fourth-order valence-electron chi connectivity index (χ4n) is 4.49. The number of H-pyrrole nitrogens is 1. The summed E-state index contributed by atoms with van der Waals surface area (Å²) in [5.41, 5.74) is 0.735. The second-order valence-electron chi connectivity index (χ2n) is 8.35. The van der Waals surface area contributed by atoms with Gasteiger partial charge in [0, 0.05) is 37.7 Å². The average Bonchev–Trinajstić information content (AvgIpc) is 3.31. The van der Waals surface area contributed by atoms with Crippen molar-refractivity contribution in [3.8, 4) is 0 Å². The van der Waals surface area contributed by atoms with E-state index < -0.39 is 17.7 Å². The van der Waals surface area contributed by atoms with Crippen molar-refractivity contribution < 1.29 is 13.6 Å². The first kappa shape index (κ1) is 21.6. The van der Waals surface area contributed by atoms with Gasteiger partial charge in [-0.3, -0.25) is 9.89 Å². The fourth-order valence-corrected chi connectivity index (χ4v) is 4.76. The molecule has 31 heavy (non-hydrogen) atoms. The minimum Gasteiger partial charge on any atom is -0.340 e. The van der Waals surface area contributed by atoms with Crippen LogP contribution in [0.3, 0.4) is 0 Å². The number of nitrogens with one attached hydrogen (secondary N) is 1. The van der Waals surface area contributed by atoms with Gasteiger partial charge < -0.3 is 14.0 Å². The number of halogens is 2. The number of imidazole rings is 1. The Morgan fingerprint density at radius 1 is 1.32 bits per heavy atom. The van der Waals surface area contributed by atoms with E-state index in [-0.39, 0.29) is 17.7 Å². The van der Waals surface area contributed by atoms with Crippen molar-refractivity contribution in [2.45, 2.75) is 52.1 Å². The normalized spacial score (nSPS) is 18.1. The second-order valence-corrected chi connectivity index (χ2v) is 8.74. The van der Waals surface area contributed by atoms with Crippen LogP contribution >= 0.6 is 12.2 Å². The molecule has 0 bridgehead atoms. The van der Waals surface area contributed by atoms with Crippen molar-refractivity contribution >= 4 is 29.2 Å². The summed E-state index contributed by atoms with van der Waals surface area (Å²) in [6, 6.07) is 1.60. The van der Waals surface area contributed by atoms with Crippen molar-refractivity contribution in [1.29, 1.82) is 0 Å². The summed E-state index contributed by atoms with van der Waals surface area (Å²) in [5, 5.41) is 7.26. The molecule has 2 aromatic heterocycles. The highest BCUT2D eigenvalue weighted by Gasteiger charge is 2.34. The van der Waals surface area contributed by atoms with Crippen molar-refractivity contribution in [2.75, 3.05) is 13.1 Å². The van der Waals surface area contributed by atoms with Crippen molar-refractivity contribution in [1.82, 2.24) is 29.2 Å². The van der Waals surface area contributed by atoms with Gasteiger partial charge in [0.05, 0.1) is 17.4 Å². The highest BCUT2D eigenvalue weighted by molar-refractivity contribution is 7.71.